The number of nitrogens with one attached hydrogen (secondary N) is 1. The SMILES string of the molecule is O=c1[nH]c(=O)n(C2CC(O)C(CO)O2)c2nccnc12. The van der Waals surface area contributed by atoms with Gasteiger partial charge in [0.25, 0.3) is 5.56 Å². The first kappa shape index (κ1) is 12.9. The fourth-order valence-corrected chi connectivity index (χ4v) is 2.28. The molecule has 9 heteroatoms. The van der Waals surface area contributed by atoms with Gasteiger partial charge in [-0.1, -0.05) is 0 Å². The summed E-state index contributed by atoms with van der Waals surface area (Å²) in [6, 6.07) is 0. The Hall–Kier alpha value is -2.10. The summed E-state index contributed by atoms with van der Waals surface area (Å²) in [6.45, 7) is -0.362. The van der Waals surface area contributed by atoms with Crippen LogP contribution in [0.1, 0.15) is 12.6 Å². The highest BCUT2D eigenvalue weighted by Crippen LogP contribution is 2.28. The number of hydrogen-bond acceptors (Lipinski definition) is 7. The number of ether oxygens (including phenoxy) is 1. The smallest absolute Gasteiger partial charge is 0.332 e. The predicted molar refractivity (Wildman–Crippen MR) is 66.0 cm³/mol. The van der Waals surface area contributed by atoms with E-state index < -0.39 is 29.7 Å². The summed E-state index contributed by atoms with van der Waals surface area (Å²) in [5, 5.41) is 18.8. The van der Waals surface area contributed by atoms with Gasteiger partial charge in [0.2, 0.25) is 0 Å². The molecule has 0 amide bonds. The van der Waals surface area contributed by atoms with Crippen LogP contribution in [0, 0.1) is 0 Å². The average Bonchev–Trinajstić information content (AvgIpc) is 2.80. The molecule has 0 saturated carbocycles. The highest BCUT2D eigenvalue weighted by molar-refractivity contribution is 5.67. The fraction of sp³-hybridized carbons (Fsp3) is 0.455. The molecule has 106 valence electrons. The first-order valence-electron chi connectivity index (χ1n) is 6.01. The standard InChI is InChI=1S/C11H12N4O5/c16-4-6-5(17)3-7(20-6)15-9-8(12-1-2-13-9)10(18)14-11(15)19/h1-2,5-7,16-17H,3-4H2,(H,14,18,19). The molecule has 3 rings (SSSR count). The average molecular weight is 280 g/mol. The lowest BCUT2D eigenvalue weighted by Crippen LogP contribution is -2.34. The molecule has 0 aromatic carbocycles. The van der Waals surface area contributed by atoms with Crippen molar-refractivity contribution >= 4 is 11.2 Å². The van der Waals surface area contributed by atoms with E-state index in [1.807, 2.05) is 0 Å². The van der Waals surface area contributed by atoms with Crippen LogP contribution in [0.2, 0.25) is 0 Å². The number of aliphatic hydroxyl groups is 2. The molecule has 0 spiro atoms. The lowest BCUT2D eigenvalue weighted by molar-refractivity contribution is -0.0445. The van der Waals surface area contributed by atoms with Crippen LogP contribution in [0.5, 0.6) is 0 Å². The molecule has 1 aliphatic rings. The van der Waals surface area contributed by atoms with E-state index in [1.165, 1.54) is 12.4 Å². The number of aromatic amines is 1. The van der Waals surface area contributed by atoms with Gasteiger partial charge in [-0.25, -0.2) is 19.3 Å². The Kier molecular flexibility index (Phi) is 3.08. The van der Waals surface area contributed by atoms with Gasteiger partial charge < -0.3 is 14.9 Å². The summed E-state index contributed by atoms with van der Waals surface area (Å²) in [5.74, 6) is 0. The van der Waals surface area contributed by atoms with Crippen molar-refractivity contribution in [1.29, 1.82) is 0 Å². The van der Waals surface area contributed by atoms with Gasteiger partial charge in [0, 0.05) is 18.8 Å². The number of nitrogens with zero attached hydrogens (tertiary/aromatic N) is 3. The van der Waals surface area contributed by atoms with Gasteiger partial charge in [-0.2, -0.15) is 0 Å². The van der Waals surface area contributed by atoms with E-state index in [0.717, 1.165) is 4.57 Å². The molecule has 0 radical (unpaired) electrons. The van der Waals surface area contributed by atoms with Crippen molar-refractivity contribution in [2.45, 2.75) is 24.9 Å². The van der Waals surface area contributed by atoms with Gasteiger partial charge in [-0.15, -0.1) is 0 Å². The zero-order valence-electron chi connectivity index (χ0n) is 10.3. The first-order valence-corrected chi connectivity index (χ1v) is 6.01. The van der Waals surface area contributed by atoms with Crippen molar-refractivity contribution < 1.29 is 14.9 Å². The topological polar surface area (TPSA) is 130 Å². The number of fused-ring (bicyclic) bond motifs is 1. The number of hydrogen-bond donors (Lipinski definition) is 3. The zero-order valence-corrected chi connectivity index (χ0v) is 10.3. The largest absolute Gasteiger partial charge is 0.394 e. The van der Waals surface area contributed by atoms with Crippen LogP contribution in [0.25, 0.3) is 11.2 Å². The van der Waals surface area contributed by atoms with Crippen molar-refractivity contribution in [2.24, 2.45) is 0 Å². The Balaban J connectivity index is 2.18. The second-order valence-corrected chi connectivity index (χ2v) is 4.47. The van der Waals surface area contributed by atoms with E-state index in [4.69, 9.17) is 9.84 Å². The molecule has 3 heterocycles. The van der Waals surface area contributed by atoms with Crippen LogP contribution < -0.4 is 11.2 Å². The number of aliphatic hydroxyl groups excluding tert-OH is 2. The molecule has 0 aliphatic carbocycles. The van der Waals surface area contributed by atoms with Gasteiger partial charge >= 0.3 is 5.69 Å². The summed E-state index contributed by atoms with van der Waals surface area (Å²) < 4.78 is 6.54. The van der Waals surface area contributed by atoms with E-state index in [2.05, 4.69) is 15.0 Å². The van der Waals surface area contributed by atoms with Crippen LogP contribution in [0.3, 0.4) is 0 Å². The quantitative estimate of drug-likeness (QED) is 0.586. The highest BCUT2D eigenvalue weighted by atomic mass is 16.5. The Bertz CT molecular complexity index is 754. The number of aromatic nitrogens is 4. The molecule has 3 unspecified atom stereocenters. The summed E-state index contributed by atoms with van der Waals surface area (Å²) in [4.78, 5) is 33.6. The second kappa shape index (κ2) is 4.78. The lowest BCUT2D eigenvalue weighted by Gasteiger charge is -2.15. The minimum Gasteiger partial charge on any atom is -0.394 e. The molecule has 1 saturated heterocycles. The van der Waals surface area contributed by atoms with E-state index >= 15 is 0 Å². The van der Waals surface area contributed by atoms with Crippen molar-refractivity contribution in [1.82, 2.24) is 19.5 Å². The van der Waals surface area contributed by atoms with Gasteiger partial charge in [-0.3, -0.25) is 9.78 Å². The molecule has 20 heavy (non-hydrogen) atoms. The Morgan fingerprint density at radius 2 is 2.15 bits per heavy atom. The third-order valence-electron chi connectivity index (χ3n) is 3.23. The van der Waals surface area contributed by atoms with Crippen LogP contribution in [-0.4, -0.2) is 48.5 Å². The van der Waals surface area contributed by atoms with E-state index in [1.54, 1.807) is 0 Å². The van der Waals surface area contributed by atoms with Crippen LogP contribution >= 0.6 is 0 Å². The van der Waals surface area contributed by atoms with Gasteiger partial charge in [-0.05, 0) is 0 Å². The van der Waals surface area contributed by atoms with Crippen molar-refractivity contribution in [3.05, 3.63) is 33.2 Å². The maximum atomic E-state index is 12.0. The molecule has 2 aromatic rings. The molecule has 3 N–H and O–H groups in total. The van der Waals surface area contributed by atoms with E-state index in [0.29, 0.717) is 0 Å². The Morgan fingerprint density at radius 1 is 1.40 bits per heavy atom. The normalized spacial score (nSPS) is 26.2. The molecule has 0 bridgehead atoms. The molecule has 3 atom stereocenters. The summed E-state index contributed by atoms with van der Waals surface area (Å²) in [7, 11) is 0. The lowest BCUT2D eigenvalue weighted by atomic mass is 10.2. The minimum absolute atomic E-state index is 0.0117. The summed E-state index contributed by atoms with van der Waals surface area (Å²) in [5.41, 5.74) is -1.24. The first-order chi connectivity index (χ1) is 9.61. The molecule has 9 nitrogen and oxygen atoms in total. The molecule has 2 aromatic heterocycles. The maximum absolute atomic E-state index is 12.0. The second-order valence-electron chi connectivity index (χ2n) is 4.47. The van der Waals surface area contributed by atoms with Crippen molar-refractivity contribution in [2.75, 3.05) is 6.61 Å². The Labute approximate surface area is 111 Å². The summed E-state index contributed by atoms with van der Waals surface area (Å²) >= 11 is 0. The number of H-pyrrole nitrogens is 1. The predicted octanol–water partition coefficient (Wildman–Crippen LogP) is -1.88. The third-order valence-corrected chi connectivity index (χ3v) is 3.23. The molecular formula is C11H12N4O5. The number of rotatable bonds is 2. The van der Waals surface area contributed by atoms with Crippen LogP contribution in [0.4, 0.5) is 0 Å². The van der Waals surface area contributed by atoms with Crippen LogP contribution in [0.15, 0.2) is 22.0 Å². The fourth-order valence-electron chi connectivity index (χ4n) is 2.28. The van der Waals surface area contributed by atoms with Crippen LogP contribution in [-0.2, 0) is 4.74 Å². The van der Waals surface area contributed by atoms with Crippen molar-refractivity contribution in [3.63, 3.8) is 0 Å². The monoisotopic (exact) mass is 280 g/mol. The zero-order chi connectivity index (χ0) is 14.3. The van der Waals surface area contributed by atoms with Gasteiger partial charge in [0.1, 0.15) is 12.3 Å². The minimum atomic E-state index is -0.893. The third kappa shape index (κ3) is 1.92. The summed E-state index contributed by atoms with van der Waals surface area (Å²) in [6.07, 6.45) is 0.328. The van der Waals surface area contributed by atoms with Crippen molar-refractivity contribution in [3.8, 4) is 0 Å². The van der Waals surface area contributed by atoms with Gasteiger partial charge in [0.05, 0.1) is 12.7 Å². The maximum Gasteiger partial charge on any atom is 0.332 e. The molecular weight excluding hydrogens is 268 g/mol. The highest BCUT2D eigenvalue weighted by Gasteiger charge is 2.36. The Morgan fingerprint density at radius 3 is 2.85 bits per heavy atom. The van der Waals surface area contributed by atoms with E-state index in [9.17, 15) is 14.7 Å². The van der Waals surface area contributed by atoms with Gasteiger partial charge in [0.15, 0.2) is 11.2 Å². The molecule has 1 fully saturated rings. The molecule has 1 aliphatic heterocycles. The van der Waals surface area contributed by atoms with E-state index in [-0.39, 0.29) is 24.2 Å².